The Balaban J connectivity index is 0.00000112. The molecule has 0 unspecified atom stereocenters. The second-order valence-electron chi connectivity index (χ2n) is 7.02. The van der Waals surface area contributed by atoms with Crippen LogP contribution in [0.5, 0.6) is 0 Å². The van der Waals surface area contributed by atoms with Crippen molar-refractivity contribution in [2.24, 2.45) is 0 Å². The molecular weight excluding hydrogens is 336 g/mol. The zero-order chi connectivity index (χ0) is 17.4. The molecule has 0 aromatic heterocycles. The van der Waals surface area contributed by atoms with Crippen molar-refractivity contribution >= 4 is 0 Å². The van der Waals surface area contributed by atoms with Gasteiger partial charge in [-0.3, -0.25) is 0 Å². The maximum Gasteiger partial charge on any atom is 0.0503 e. The van der Waals surface area contributed by atoms with Crippen LogP contribution in [0.4, 0.5) is 0 Å². The SMILES string of the molecule is C.C.c1ccc(CC2(c3ccccc3)c3ccccc3-c3ccccc32)cc1. The van der Waals surface area contributed by atoms with Crippen molar-refractivity contribution in [3.05, 3.63) is 131 Å². The van der Waals surface area contributed by atoms with E-state index >= 15 is 0 Å². The fourth-order valence-electron chi connectivity index (χ4n) is 4.55. The molecule has 4 aromatic carbocycles. The summed E-state index contributed by atoms with van der Waals surface area (Å²) in [6, 6.07) is 39.6. The summed E-state index contributed by atoms with van der Waals surface area (Å²) in [6.07, 6.45) is 0.964. The first-order valence-electron chi connectivity index (χ1n) is 9.18. The van der Waals surface area contributed by atoms with Gasteiger partial charge in [-0.05, 0) is 39.8 Å². The number of rotatable bonds is 3. The Bertz CT molecular complexity index is 1000. The molecule has 1 aliphatic rings. The van der Waals surface area contributed by atoms with Gasteiger partial charge in [-0.15, -0.1) is 0 Å². The summed E-state index contributed by atoms with van der Waals surface area (Å²) >= 11 is 0. The van der Waals surface area contributed by atoms with Gasteiger partial charge in [0.1, 0.15) is 0 Å². The molecule has 28 heavy (non-hydrogen) atoms. The Morgan fingerprint density at radius 2 is 0.893 bits per heavy atom. The fraction of sp³-hybridized carbons (Fsp3) is 0.143. The van der Waals surface area contributed by atoms with E-state index in [9.17, 15) is 0 Å². The molecule has 0 N–H and O–H groups in total. The van der Waals surface area contributed by atoms with Gasteiger partial charge in [0.2, 0.25) is 0 Å². The average molecular weight is 365 g/mol. The molecule has 0 saturated carbocycles. The highest BCUT2D eigenvalue weighted by Gasteiger charge is 2.44. The lowest BCUT2D eigenvalue weighted by atomic mass is 9.69. The van der Waals surface area contributed by atoms with Crippen LogP contribution in [0.15, 0.2) is 109 Å². The van der Waals surface area contributed by atoms with Gasteiger partial charge in [0, 0.05) is 0 Å². The minimum Gasteiger partial charge on any atom is -0.0776 e. The van der Waals surface area contributed by atoms with E-state index in [4.69, 9.17) is 0 Å². The molecule has 0 nitrogen and oxygen atoms in total. The third-order valence-electron chi connectivity index (χ3n) is 5.64. The highest BCUT2D eigenvalue weighted by atomic mass is 14.5. The molecule has 0 saturated heterocycles. The molecule has 0 amide bonds. The van der Waals surface area contributed by atoms with Crippen LogP contribution in [0.1, 0.15) is 37.1 Å². The van der Waals surface area contributed by atoms with Gasteiger partial charge in [-0.25, -0.2) is 0 Å². The third kappa shape index (κ3) is 2.86. The summed E-state index contributed by atoms with van der Waals surface area (Å²) < 4.78 is 0. The van der Waals surface area contributed by atoms with Crippen LogP contribution < -0.4 is 0 Å². The summed E-state index contributed by atoms with van der Waals surface area (Å²) in [7, 11) is 0. The fourth-order valence-corrected chi connectivity index (χ4v) is 4.55. The Labute approximate surface area is 169 Å². The van der Waals surface area contributed by atoms with Gasteiger partial charge < -0.3 is 0 Å². The zero-order valence-electron chi connectivity index (χ0n) is 14.6. The molecule has 0 heteroatoms. The van der Waals surface area contributed by atoms with Crippen molar-refractivity contribution in [1.82, 2.24) is 0 Å². The van der Waals surface area contributed by atoms with Crippen LogP contribution in [0.25, 0.3) is 11.1 Å². The smallest absolute Gasteiger partial charge is 0.0503 e. The Morgan fingerprint density at radius 3 is 1.43 bits per heavy atom. The van der Waals surface area contributed by atoms with E-state index in [2.05, 4.69) is 109 Å². The lowest BCUT2D eigenvalue weighted by molar-refractivity contribution is 0.629. The Kier molecular flexibility index (Phi) is 5.51. The number of fused-ring (bicyclic) bond motifs is 3. The number of hydrogen-bond acceptors (Lipinski definition) is 0. The summed E-state index contributed by atoms with van der Waals surface area (Å²) in [5, 5.41) is 0. The van der Waals surface area contributed by atoms with Gasteiger partial charge in [-0.2, -0.15) is 0 Å². The molecule has 140 valence electrons. The maximum atomic E-state index is 2.31. The third-order valence-corrected chi connectivity index (χ3v) is 5.64. The molecule has 0 atom stereocenters. The van der Waals surface area contributed by atoms with Gasteiger partial charge in [0.25, 0.3) is 0 Å². The van der Waals surface area contributed by atoms with Crippen molar-refractivity contribution in [2.75, 3.05) is 0 Å². The highest BCUT2D eigenvalue weighted by Crippen LogP contribution is 2.53. The van der Waals surface area contributed by atoms with Gasteiger partial charge in [-0.1, -0.05) is 124 Å². The summed E-state index contributed by atoms with van der Waals surface area (Å²) in [6.45, 7) is 0. The number of benzene rings is 4. The van der Waals surface area contributed by atoms with Gasteiger partial charge in [0.05, 0.1) is 5.41 Å². The highest BCUT2D eigenvalue weighted by molar-refractivity contribution is 5.83. The van der Waals surface area contributed by atoms with Crippen molar-refractivity contribution < 1.29 is 0 Å². The van der Waals surface area contributed by atoms with Crippen LogP contribution in [0.2, 0.25) is 0 Å². The summed E-state index contributed by atoms with van der Waals surface area (Å²) in [4.78, 5) is 0. The number of hydrogen-bond donors (Lipinski definition) is 0. The largest absolute Gasteiger partial charge is 0.0776 e. The molecule has 5 rings (SSSR count). The molecule has 0 spiro atoms. The van der Waals surface area contributed by atoms with E-state index in [0.717, 1.165) is 6.42 Å². The topological polar surface area (TPSA) is 0 Å². The molecule has 0 fully saturated rings. The minimum absolute atomic E-state index is 0. The van der Waals surface area contributed by atoms with Gasteiger partial charge >= 0.3 is 0 Å². The second kappa shape index (κ2) is 7.86. The van der Waals surface area contributed by atoms with Crippen molar-refractivity contribution in [3.8, 4) is 11.1 Å². The van der Waals surface area contributed by atoms with E-state index in [1.54, 1.807) is 0 Å². The monoisotopic (exact) mass is 364 g/mol. The van der Waals surface area contributed by atoms with Crippen LogP contribution in [0, 0.1) is 0 Å². The van der Waals surface area contributed by atoms with Crippen LogP contribution in [0.3, 0.4) is 0 Å². The lowest BCUT2D eigenvalue weighted by Gasteiger charge is -2.33. The standard InChI is InChI=1S/C26H20.2CH4/c1-3-11-20(12-4-1)19-26(21-13-5-2-6-14-21)24-17-9-7-15-22(24)23-16-8-10-18-25(23)26;;/h1-18H,19H2;2*1H4. The van der Waals surface area contributed by atoms with E-state index in [-0.39, 0.29) is 20.3 Å². The molecule has 1 aliphatic carbocycles. The van der Waals surface area contributed by atoms with Crippen molar-refractivity contribution in [1.29, 1.82) is 0 Å². The van der Waals surface area contributed by atoms with Crippen molar-refractivity contribution in [3.63, 3.8) is 0 Å². The molecule has 4 aromatic rings. The van der Waals surface area contributed by atoms with Crippen molar-refractivity contribution in [2.45, 2.75) is 26.7 Å². The molecule has 0 bridgehead atoms. The first-order valence-corrected chi connectivity index (χ1v) is 9.18. The predicted molar refractivity (Wildman–Crippen MR) is 122 cm³/mol. The first-order chi connectivity index (χ1) is 12.9. The van der Waals surface area contributed by atoms with Crippen LogP contribution in [-0.4, -0.2) is 0 Å². The van der Waals surface area contributed by atoms with Crippen LogP contribution in [-0.2, 0) is 11.8 Å². The zero-order valence-corrected chi connectivity index (χ0v) is 14.6. The van der Waals surface area contributed by atoms with E-state index in [0.29, 0.717) is 0 Å². The Morgan fingerprint density at radius 1 is 0.464 bits per heavy atom. The van der Waals surface area contributed by atoms with E-state index < -0.39 is 0 Å². The lowest BCUT2D eigenvalue weighted by Crippen LogP contribution is -2.29. The van der Waals surface area contributed by atoms with E-state index in [1.165, 1.54) is 33.4 Å². The van der Waals surface area contributed by atoms with E-state index in [1.807, 2.05) is 0 Å². The second-order valence-corrected chi connectivity index (χ2v) is 7.02. The molecule has 0 aliphatic heterocycles. The Hall–Kier alpha value is -3.12. The van der Waals surface area contributed by atoms with Gasteiger partial charge in [0.15, 0.2) is 0 Å². The van der Waals surface area contributed by atoms with Crippen LogP contribution >= 0.6 is 0 Å². The first kappa shape index (κ1) is 19.6. The summed E-state index contributed by atoms with van der Waals surface area (Å²) in [5.41, 5.74) is 8.14. The molecular formula is C28H28. The summed E-state index contributed by atoms with van der Waals surface area (Å²) in [5.74, 6) is 0. The minimum atomic E-state index is -0.143. The maximum absolute atomic E-state index is 2.31. The predicted octanol–water partition coefficient (Wildman–Crippen LogP) is 7.52. The normalized spacial score (nSPS) is 12.9. The molecule has 0 heterocycles. The molecule has 0 radical (unpaired) electrons. The quantitative estimate of drug-likeness (QED) is 0.353. The average Bonchev–Trinajstić information content (AvgIpc) is 3.01.